The van der Waals surface area contributed by atoms with Gasteiger partial charge in [0.1, 0.15) is 0 Å². The molecule has 0 aliphatic rings. The molecule has 204 valence electrons. The molecule has 0 aromatic heterocycles. The molecule has 0 bridgehead atoms. The van der Waals surface area contributed by atoms with E-state index in [1.165, 1.54) is 0 Å². The molecule has 0 spiro atoms. The van der Waals surface area contributed by atoms with Crippen LogP contribution in [0.5, 0.6) is 0 Å². The van der Waals surface area contributed by atoms with Crippen LogP contribution in [0, 0.1) is 6.92 Å². The van der Waals surface area contributed by atoms with E-state index in [1.54, 1.807) is 35.2 Å². The quantitative estimate of drug-likeness (QED) is 0.224. The molecule has 0 aliphatic carbocycles. The number of hydrogen-bond acceptors (Lipinski definition) is 3. The van der Waals surface area contributed by atoms with Crippen molar-refractivity contribution in [3.05, 3.63) is 130 Å². The maximum atomic E-state index is 13.9. The number of nitrogens with one attached hydrogen (secondary N) is 1. The van der Waals surface area contributed by atoms with Crippen molar-refractivity contribution in [2.75, 3.05) is 13.1 Å². The Morgan fingerprint density at radius 2 is 1.38 bits per heavy atom. The molecule has 0 unspecified atom stereocenters. The number of aryl methyl sites for hydroxylation is 1. The molecule has 6 nitrogen and oxygen atoms in total. The van der Waals surface area contributed by atoms with Gasteiger partial charge < -0.3 is 15.3 Å². The highest BCUT2D eigenvalue weighted by Gasteiger charge is 2.22. The highest BCUT2D eigenvalue weighted by molar-refractivity contribution is 6.31. The van der Waals surface area contributed by atoms with E-state index in [9.17, 15) is 19.5 Å². The second kappa shape index (κ2) is 13.6. The minimum Gasteiger partial charge on any atom is -0.481 e. The number of amides is 2. The highest BCUT2D eigenvalue weighted by Crippen LogP contribution is 2.29. The third kappa shape index (κ3) is 7.36. The molecule has 0 saturated carbocycles. The van der Waals surface area contributed by atoms with E-state index in [1.807, 2.05) is 73.7 Å². The van der Waals surface area contributed by atoms with Crippen LogP contribution in [0.25, 0.3) is 11.1 Å². The summed E-state index contributed by atoms with van der Waals surface area (Å²) in [6, 6.07) is 29.6. The van der Waals surface area contributed by atoms with E-state index in [2.05, 4.69) is 5.32 Å². The zero-order chi connectivity index (χ0) is 28.5. The van der Waals surface area contributed by atoms with Gasteiger partial charge >= 0.3 is 5.97 Å². The van der Waals surface area contributed by atoms with E-state index in [0.29, 0.717) is 40.2 Å². The van der Waals surface area contributed by atoms with Crippen molar-refractivity contribution >= 4 is 29.4 Å². The molecule has 7 heteroatoms. The van der Waals surface area contributed by atoms with Crippen molar-refractivity contribution in [1.29, 1.82) is 0 Å². The average Bonchev–Trinajstić information content (AvgIpc) is 2.97. The van der Waals surface area contributed by atoms with Gasteiger partial charge in [-0.3, -0.25) is 14.4 Å². The van der Waals surface area contributed by atoms with Gasteiger partial charge in [-0.1, -0.05) is 96.0 Å². The van der Waals surface area contributed by atoms with E-state index in [0.717, 1.165) is 16.7 Å². The van der Waals surface area contributed by atoms with Crippen LogP contribution in [-0.2, 0) is 17.8 Å². The predicted molar refractivity (Wildman–Crippen MR) is 158 cm³/mol. The van der Waals surface area contributed by atoms with Crippen molar-refractivity contribution in [2.24, 2.45) is 0 Å². The smallest absolute Gasteiger partial charge is 0.305 e. The Morgan fingerprint density at radius 1 is 0.775 bits per heavy atom. The zero-order valence-electron chi connectivity index (χ0n) is 22.3. The fourth-order valence-corrected chi connectivity index (χ4v) is 4.67. The van der Waals surface area contributed by atoms with Crippen LogP contribution < -0.4 is 5.32 Å². The molecule has 0 atom stereocenters. The highest BCUT2D eigenvalue weighted by atomic mass is 35.5. The van der Waals surface area contributed by atoms with Gasteiger partial charge in [-0.25, -0.2) is 0 Å². The fourth-order valence-electron chi connectivity index (χ4n) is 4.47. The van der Waals surface area contributed by atoms with Gasteiger partial charge in [0.25, 0.3) is 11.8 Å². The minimum atomic E-state index is -0.970. The van der Waals surface area contributed by atoms with Crippen LogP contribution in [-0.4, -0.2) is 40.9 Å². The monoisotopic (exact) mass is 554 g/mol. The van der Waals surface area contributed by atoms with E-state index >= 15 is 0 Å². The van der Waals surface area contributed by atoms with Crippen molar-refractivity contribution in [3.63, 3.8) is 0 Å². The molecule has 2 amide bonds. The molecule has 0 fully saturated rings. The molecule has 2 N–H and O–H groups in total. The lowest BCUT2D eigenvalue weighted by Crippen LogP contribution is -2.35. The number of hydrogen-bond donors (Lipinski definition) is 2. The average molecular weight is 555 g/mol. The molecule has 40 heavy (non-hydrogen) atoms. The third-order valence-electron chi connectivity index (χ3n) is 6.69. The Labute approximate surface area is 239 Å². The summed E-state index contributed by atoms with van der Waals surface area (Å²) >= 11 is 6.25. The normalized spacial score (nSPS) is 10.7. The number of aliphatic carboxylic acids is 1. The third-order valence-corrected chi connectivity index (χ3v) is 7.06. The first kappa shape index (κ1) is 28.6. The summed E-state index contributed by atoms with van der Waals surface area (Å²) in [7, 11) is 0. The van der Waals surface area contributed by atoms with Crippen LogP contribution in [0.1, 0.15) is 43.8 Å². The standard InChI is InChI=1S/C33H31ClN2O4/c1-23-14-16-24(17-15-23)18-20-36(21-19-31(37)38)33(40)29-12-6-4-10-27(29)26-9-3-5-11-28(26)32(39)35-22-25-8-2-7-13-30(25)34/h2-17H,18-22H2,1H3,(H,35,39)(H,37,38). The Hall–Kier alpha value is -4.42. The maximum Gasteiger partial charge on any atom is 0.305 e. The molecular weight excluding hydrogens is 524 g/mol. The zero-order valence-corrected chi connectivity index (χ0v) is 23.0. The fraction of sp³-hybridized carbons (Fsp3) is 0.182. The lowest BCUT2D eigenvalue weighted by atomic mass is 9.94. The largest absolute Gasteiger partial charge is 0.481 e. The first-order valence-electron chi connectivity index (χ1n) is 13.1. The number of carboxylic acids is 1. The van der Waals surface area contributed by atoms with Crippen molar-refractivity contribution < 1.29 is 19.5 Å². The second-order valence-electron chi connectivity index (χ2n) is 9.54. The lowest BCUT2D eigenvalue weighted by Gasteiger charge is -2.24. The number of carboxylic acid groups (broad SMARTS) is 1. The first-order valence-corrected chi connectivity index (χ1v) is 13.5. The van der Waals surface area contributed by atoms with E-state index in [-0.39, 0.29) is 31.3 Å². The Bertz CT molecular complexity index is 1500. The van der Waals surface area contributed by atoms with Gasteiger partial charge in [-0.15, -0.1) is 0 Å². The SMILES string of the molecule is Cc1ccc(CCN(CCC(=O)O)C(=O)c2ccccc2-c2ccccc2C(=O)NCc2ccccc2Cl)cc1. The number of carbonyl (C=O) groups is 3. The van der Waals surface area contributed by atoms with E-state index < -0.39 is 5.97 Å². The van der Waals surface area contributed by atoms with Crippen molar-refractivity contribution in [1.82, 2.24) is 10.2 Å². The van der Waals surface area contributed by atoms with Gasteiger partial charge in [0.15, 0.2) is 0 Å². The van der Waals surface area contributed by atoms with Gasteiger partial charge in [-0.2, -0.15) is 0 Å². The molecular formula is C33H31ClN2O4. The van der Waals surface area contributed by atoms with Crippen LogP contribution in [0.3, 0.4) is 0 Å². The minimum absolute atomic E-state index is 0.0777. The van der Waals surface area contributed by atoms with Gasteiger partial charge in [-0.05, 0) is 53.8 Å². The summed E-state index contributed by atoms with van der Waals surface area (Å²) in [5.41, 5.74) is 5.05. The number of carbonyl (C=O) groups excluding carboxylic acids is 2. The van der Waals surface area contributed by atoms with Crippen molar-refractivity contribution in [3.8, 4) is 11.1 Å². The van der Waals surface area contributed by atoms with Crippen molar-refractivity contribution in [2.45, 2.75) is 26.3 Å². The first-order chi connectivity index (χ1) is 19.3. The predicted octanol–water partition coefficient (Wildman–Crippen LogP) is 6.41. The molecule has 0 radical (unpaired) electrons. The molecule has 0 heterocycles. The summed E-state index contributed by atoms with van der Waals surface area (Å²) in [5, 5.41) is 12.8. The number of rotatable bonds is 11. The number of benzene rings is 4. The Kier molecular flexibility index (Phi) is 9.71. The molecule has 4 rings (SSSR count). The molecule has 0 saturated heterocycles. The summed E-state index contributed by atoms with van der Waals surface area (Å²) in [6.07, 6.45) is 0.428. The number of halogens is 1. The lowest BCUT2D eigenvalue weighted by molar-refractivity contribution is -0.137. The summed E-state index contributed by atoms with van der Waals surface area (Å²) in [4.78, 5) is 40.1. The van der Waals surface area contributed by atoms with Gasteiger partial charge in [0, 0.05) is 35.8 Å². The topological polar surface area (TPSA) is 86.7 Å². The van der Waals surface area contributed by atoms with Crippen LogP contribution in [0.15, 0.2) is 97.1 Å². The Balaban J connectivity index is 1.61. The van der Waals surface area contributed by atoms with E-state index in [4.69, 9.17) is 11.6 Å². The molecule has 4 aromatic carbocycles. The molecule has 0 aliphatic heterocycles. The van der Waals surface area contributed by atoms with Gasteiger partial charge in [0.2, 0.25) is 0 Å². The van der Waals surface area contributed by atoms with Crippen LogP contribution in [0.2, 0.25) is 5.02 Å². The second-order valence-corrected chi connectivity index (χ2v) is 9.94. The Morgan fingerprint density at radius 3 is 2.05 bits per heavy atom. The summed E-state index contributed by atoms with van der Waals surface area (Å²) in [6.45, 7) is 2.71. The van der Waals surface area contributed by atoms with Crippen LogP contribution in [0.4, 0.5) is 0 Å². The van der Waals surface area contributed by atoms with Gasteiger partial charge in [0.05, 0.1) is 6.42 Å². The van der Waals surface area contributed by atoms with Crippen LogP contribution >= 0.6 is 11.6 Å². The molecule has 4 aromatic rings. The number of nitrogens with zero attached hydrogens (tertiary/aromatic N) is 1. The summed E-state index contributed by atoms with van der Waals surface area (Å²) < 4.78 is 0. The maximum absolute atomic E-state index is 13.9. The summed E-state index contributed by atoms with van der Waals surface area (Å²) in [5.74, 6) is -1.54.